The number of aromatic nitrogens is 2. The van der Waals surface area contributed by atoms with Crippen molar-refractivity contribution in [3.63, 3.8) is 0 Å². The SMILES string of the molecule is Cc1cc(/C=N\NC(=O)c2ccccn2)c(C)n1-c1ccc(I)cc1. The summed E-state index contributed by atoms with van der Waals surface area (Å²) in [6.07, 6.45) is 3.24. The summed E-state index contributed by atoms with van der Waals surface area (Å²) in [4.78, 5) is 15.9. The van der Waals surface area contributed by atoms with Crippen LogP contribution in [0.4, 0.5) is 0 Å². The number of hydrogen-bond acceptors (Lipinski definition) is 3. The first-order chi connectivity index (χ1) is 12.1. The molecule has 0 fully saturated rings. The summed E-state index contributed by atoms with van der Waals surface area (Å²) in [5, 5.41) is 4.06. The third-order valence-corrected chi connectivity index (χ3v) is 4.54. The predicted octanol–water partition coefficient (Wildman–Crippen LogP) is 3.86. The fourth-order valence-electron chi connectivity index (χ4n) is 2.62. The van der Waals surface area contributed by atoms with Crippen LogP contribution in [0, 0.1) is 17.4 Å². The van der Waals surface area contributed by atoms with E-state index in [2.05, 4.69) is 73.9 Å². The van der Waals surface area contributed by atoms with Crippen molar-refractivity contribution >= 4 is 34.7 Å². The van der Waals surface area contributed by atoms with Gasteiger partial charge in [0.15, 0.2) is 0 Å². The van der Waals surface area contributed by atoms with Gasteiger partial charge in [-0.25, -0.2) is 5.43 Å². The van der Waals surface area contributed by atoms with Crippen LogP contribution in [0.1, 0.15) is 27.4 Å². The molecular weight excluding hydrogens is 427 g/mol. The Hall–Kier alpha value is -2.48. The fraction of sp³-hybridized carbons (Fsp3) is 0.105. The minimum Gasteiger partial charge on any atom is -0.318 e. The molecule has 6 heteroatoms. The standard InChI is InChI=1S/C19H17IN4O/c1-13-11-15(12-22-23-19(25)18-5-3-4-10-21-18)14(2)24(13)17-8-6-16(20)7-9-17/h3-12H,1-2H3,(H,23,25)/b22-12-. The van der Waals surface area contributed by atoms with E-state index in [-0.39, 0.29) is 5.91 Å². The first-order valence-electron chi connectivity index (χ1n) is 7.75. The highest BCUT2D eigenvalue weighted by atomic mass is 127. The minimum absolute atomic E-state index is 0.330. The van der Waals surface area contributed by atoms with Gasteiger partial charge < -0.3 is 4.57 Å². The van der Waals surface area contributed by atoms with Crippen LogP contribution < -0.4 is 5.43 Å². The van der Waals surface area contributed by atoms with E-state index >= 15 is 0 Å². The molecule has 5 nitrogen and oxygen atoms in total. The highest BCUT2D eigenvalue weighted by Crippen LogP contribution is 2.20. The highest BCUT2D eigenvalue weighted by molar-refractivity contribution is 14.1. The maximum absolute atomic E-state index is 12.0. The van der Waals surface area contributed by atoms with Crippen molar-refractivity contribution in [2.75, 3.05) is 0 Å². The van der Waals surface area contributed by atoms with Gasteiger partial charge in [0.05, 0.1) is 6.21 Å². The molecule has 0 radical (unpaired) electrons. The van der Waals surface area contributed by atoms with Gasteiger partial charge in [0.25, 0.3) is 5.91 Å². The summed E-state index contributed by atoms with van der Waals surface area (Å²) < 4.78 is 3.36. The number of nitrogens with one attached hydrogen (secondary N) is 1. The Morgan fingerprint density at radius 1 is 1.20 bits per heavy atom. The number of rotatable bonds is 4. The number of halogens is 1. The monoisotopic (exact) mass is 444 g/mol. The van der Waals surface area contributed by atoms with Crippen molar-refractivity contribution in [3.05, 3.63) is 80.9 Å². The number of nitrogens with zero attached hydrogens (tertiary/aromatic N) is 3. The molecule has 25 heavy (non-hydrogen) atoms. The quantitative estimate of drug-likeness (QED) is 0.378. The summed E-state index contributed by atoms with van der Waals surface area (Å²) in [6, 6.07) is 15.6. The molecule has 0 bridgehead atoms. The Labute approximate surface area is 159 Å². The molecule has 0 aliphatic carbocycles. The third-order valence-electron chi connectivity index (χ3n) is 3.82. The largest absolute Gasteiger partial charge is 0.318 e. The van der Waals surface area contributed by atoms with Crippen LogP contribution in [0.25, 0.3) is 5.69 Å². The van der Waals surface area contributed by atoms with Gasteiger partial charge >= 0.3 is 0 Å². The second kappa shape index (κ2) is 7.60. The Balaban J connectivity index is 1.79. The molecule has 0 atom stereocenters. The molecule has 0 unspecified atom stereocenters. The van der Waals surface area contributed by atoms with E-state index in [0.717, 1.165) is 22.6 Å². The average Bonchev–Trinajstić information content (AvgIpc) is 2.90. The normalized spacial score (nSPS) is 11.0. The molecule has 126 valence electrons. The molecule has 1 aromatic carbocycles. The molecule has 3 rings (SSSR count). The molecule has 0 aliphatic rings. The summed E-state index contributed by atoms with van der Waals surface area (Å²) in [5.41, 5.74) is 7.08. The lowest BCUT2D eigenvalue weighted by atomic mass is 10.2. The van der Waals surface area contributed by atoms with Crippen LogP contribution >= 0.6 is 22.6 Å². The Bertz CT molecular complexity index is 915. The van der Waals surface area contributed by atoms with Crippen molar-refractivity contribution in [2.45, 2.75) is 13.8 Å². The molecule has 1 amide bonds. The van der Waals surface area contributed by atoms with Crippen molar-refractivity contribution in [1.29, 1.82) is 0 Å². The minimum atomic E-state index is -0.330. The number of benzene rings is 1. The van der Waals surface area contributed by atoms with E-state index in [1.165, 1.54) is 3.57 Å². The van der Waals surface area contributed by atoms with Gasteiger partial charge in [-0.1, -0.05) is 6.07 Å². The zero-order valence-corrected chi connectivity index (χ0v) is 16.1. The van der Waals surface area contributed by atoms with Gasteiger partial charge in [0.2, 0.25) is 0 Å². The van der Waals surface area contributed by atoms with Gasteiger partial charge in [-0.3, -0.25) is 9.78 Å². The number of amides is 1. The fourth-order valence-corrected chi connectivity index (χ4v) is 2.98. The average molecular weight is 444 g/mol. The summed E-state index contributed by atoms with van der Waals surface area (Å²) in [6.45, 7) is 4.08. The molecular formula is C19H17IN4O. The Kier molecular flexibility index (Phi) is 5.28. The van der Waals surface area contributed by atoms with Crippen molar-refractivity contribution in [1.82, 2.24) is 15.0 Å². The lowest BCUT2D eigenvalue weighted by molar-refractivity contribution is 0.0950. The van der Waals surface area contributed by atoms with Crippen molar-refractivity contribution in [2.24, 2.45) is 5.10 Å². The lowest BCUT2D eigenvalue weighted by Gasteiger charge is -2.09. The maximum atomic E-state index is 12.0. The van der Waals surface area contributed by atoms with E-state index in [1.54, 1.807) is 30.6 Å². The van der Waals surface area contributed by atoms with Crippen LogP contribution in [0.5, 0.6) is 0 Å². The molecule has 1 N–H and O–H groups in total. The smallest absolute Gasteiger partial charge is 0.289 e. The van der Waals surface area contributed by atoms with E-state index in [1.807, 2.05) is 13.0 Å². The molecule has 0 saturated carbocycles. The van der Waals surface area contributed by atoms with Gasteiger partial charge in [-0.15, -0.1) is 0 Å². The first-order valence-corrected chi connectivity index (χ1v) is 8.83. The van der Waals surface area contributed by atoms with E-state index in [9.17, 15) is 4.79 Å². The zero-order chi connectivity index (χ0) is 17.8. The van der Waals surface area contributed by atoms with Crippen LogP contribution in [0.2, 0.25) is 0 Å². The number of hydrazone groups is 1. The molecule has 0 aliphatic heterocycles. The van der Waals surface area contributed by atoms with E-state index < -0.39 is 0 Å². The number of hydrogen-bond donors (Lipinski definition) is 1. The predicted molar refractivity (Wildman–Crippen MR) is 107 cm³/mol. The van der Waals surface area contributed by atoms with Gasteiger partial charge in [0, 0.05) is 32.4 Å². The molecule has 2 heterocycles. The van der Waals surface area contributed by atoms with Crippen LogP contribution in [-0.2, 0) is 0 Å². The summed E-state index contributed by atoms with van der Waals surface area (Å²) >= 11 is 2.29. The van der Waals surface area contributed by atoms with Crippen molar-refractivity contribution < 1.29 is 4.79 Å². The number of carbonyl (C=O) groups is 1. The van der Waals surface area contributed by atoms with E-state index in [0.29, 0.717) is 5.69 Å². The number of carbonyl (C=O) groups excluding carboxylic acids is 1. The topological polar surface area (TPSA) is 59.3 Å². The maximum Gasteiger partial charge on any atom is 0.289 e. The Morgan fingerprint density at radius 2 is 1.96 bits per heavy atom. The third kappa shape index (κ3) is 3.96. The van der Waals surface area contributed by atoms with Gasteiger partial charge in [-0.05, 0) is 78.9 Å². The second-order valence-electron chi connectivity index (χ2n) is 5.55. The van der Waals surface area contributed by atoms with Gasteiger partial charge in [-0.2, -0.15) is 5.10 Å². The first kappa shape index (κ1) is 17.3. The van der Waals surface area contributed by atoms with Crippen molar-refractivity contribution in [3.8, 4) is 5.69 Å². The van der Waals surface area contributed by atoms with Gasteiger partial charge in [0.1, 0.15) is 5.69 Å². The number of pyridine rings is 1. The Morgan fingerprint density at radius 3 is 2.64 bits per heavy atom. The zero-order valence-electron chi connectivity index (χ0n) is 13.9. The number of aryl methyl sites for hydroxylation is 1. The molecule has 2 aromatic heterocycles. The van der Waals surface area contributed by atoms with Crippen LogP contribution in [-0.4, -0.2) is 21.7 Å². The van der Waals surface area contributed by atoms with E-state index in [4.69, 9.17) is 0 Å². The molecule has 0 saturated heterocycles. The van der Waals surface area contributed by atoms with Crippen LogP contribution in [0.3, 0.4) is 0 Å². The molecule has 3 aromatic rings. The lowest BCUT2D eigenvalue weighted by Crippen LogP contribution is -2.18. The molecule has 0 spiro atoms. The summed E-state index contributed by atoms with van der Waals surface area (Å²) in [7, 11) is 0. The highest BCUT2D eigenvalue weighted by Gasteiger charge is 2.10. The van der Waals surface area contributed by atoms with Crippen LogP contribution in [0.15, 0.2) is 59.8 Å². The second-order valence-corrected chi connectivity index (χ2v) is 6.80. The summed E-state index contributed by atoms with van der Waals surface area (Å²) in [5.74, 6) is -0.330.